The Hall–Kier alpha value is -0.830. The van der Waals surface area contributed by atoms with Crippen LogP contribution in [0, 0.1) is 0 Å². The van der Waals surface area contributed by atoms with Crippen molar-refractivity contribution >= 4 is 0 Å². The van der Waals surface area contributed by atoms with E-state index in [-0.39, 0.29) is 6.10 Å². The molecule has 0 saturated carbocycles. The van der Waals surface area contributed by atoms with Crippen molar-refractivity contribution in [3.8, 4) is 0 Å². The van der Waals surface area contributed by atoms with Crippen molar-refractivity contribution in [3.05, 3.63) is 18.0 Å². The number of hydrogen-bond donors (Lipinski definition) is 1. The molecule has 18 heavy (non-hydrogen) atoms. The lowest BCUT2D eigenvalue weighted by atomic mass is 10.0. The van der Waals surface area contributed by atoms with E-state index in [1.165, 1.54) is 32.1 Å². The van der Waals surface area contributed by atoms with Gasteiger partial charge in [-0.2, -0.15) is 5.10 Å². The molecular weight excluding hydrogens is 224 g/mol. The van der Waals surface area contributed by atoms with Gasteiger partial charge in [0.2, 0.25) is 0 Å². The number of aromatic nitrogens is 2. The van der Waals surface area contributed by atoms with Crippen LogP contribution < -0.4 is 0 Å². The quantitative estimate of drug-likeness (QED) is 0.647. The SMILES string of the molecule is CCCCCCCCC(O)Cc1cnn(CC)c1. The maximum Gasteiger partial charge on any atom is 0.0581 e. The molecule has 1 atom stereocenters. The normalized spacial score (nSPS) is 12.8. The minimum atomic E-state index is -0.203. The molecule has 0 radical (unpaired) electrons. The first kappa shape index (κ1) is 15.2. The summed E-state index contributed by atoms with van der Waals surface area (Å²) in [5, 5.41) is 14.2. The van der Waals surface area contributed by atoms with Crippen molar-refractivity contribution in [2.75, 3.05) is 0 Å². The minimum Gasteiger partial charge on any atom is -0.393 e. The van der Waals surface area contributed by atoms with Gasteiger partial charge in [0.05, 0.1) is 12.3 Å². The van der Waals surface area contributed by atoms with Gasteiger partial charge in [-0.25, -0.2) is 0 Å². The molecule has 1 N–H and O–H groups in total. The van der Waals surface area contributed by atoms with Gasteiger partial charge < -0.3 is 5.11 Å². The zero-order chi connectivity index (χ0) is 13.2. The number of aliphatic hydroxyl groups excluding tert-OH is 1. The molecule has 104 valence electrons. The molecule has 1 rings (SSSR count). The van der Waals surface area contributed by atoms with E-state index in [0.717, 1.165) is 31.4 Å². The highest BCUT2D eigenvalue weighted by Crippen LogP contribution is 2.11. The Morgan fingerprint density at radius 3 is 2.56 bits per heavy atom. The summed E-state index contributed by atoms with van der Waals surface area (Å²) in [6.45, 7) is 5.21. The van der Waals surface area contributed by atoms with Crippen molar-refractivity contribution in [1.82, 2.24) is 9.78 Å². The van der Waals surface area contributed by atoms with E-state index in [0.29, 0.717) is 0 Å². The Morgan fingerprint density at radius 1 is 1.17 bits per heavy atom. The van der Waals surface area contributed by atoms with Gasteiger partial charge in [-0.3, -0.25) is 4.68 Å². The minimum absolute atomic E-state index is 0.203. The molecule has 1 heterocycles. The lowest BCUT2D eigenvalue weighted by Gasteiger charge is -2.08. The fraction of sp³-hybridized carbons (Fsp3) is 0.800. The summed E-state index contributed by atoms with van der Waals surface area (Å²) in [6, 6.07) is 0. The van der Waals surface area contributed by atoms with E-state index in [4.69, 9.17) is 0 Å². The lowest BCUT2D eigenvalue weighted by molar-refractivity contribution is 0.161. The second kappa shape index (κ2) is 9.15. The summed E-state index contributed by atoms with van der Waals surface area (Å²) in [6.07, 6.45) is 13.1. The van der Waals surface area contributed by atoms with Crippen molar-refractivity contribution in [3.63, 3.8) is 0 Å². The first-order valence-corrected chi connectivity index (χ1v) is 7.45. The number of aliphatic hydroxyl groups is 1. The van der Waals surface area contributed by atoms with Gasteiger partial charge in [0.15, 0.2) is 0 Å². The number of rotatable bonds is 10. The van der Waals surface area contributed by atoms with Crippen molar-refractivity contribution in [1.29, 1.82) is 0 Å². The molecule has 0 aliphatic rings. The summed E-state index contributed by atoms with van der Waals surface area (Å²) >= 11 is 0. The van der Waals surface area contributed by atoms with E-state index in [1.807, 2.05) is 17.1 Å². The highest BCUT2D eigenvalue weighted by molar-refractivity contribution is 5.05. The Bertz CT molecular complexity index is 309. The van der Waals surface area contributed by atoms with Crippen LogP contribution in [0.1, 0.15) is 64.4 Å². The van der Waals surface area contributed by atoms with Gasteiger partial charge in [-0.05, 0) is 18.9 Å². The average Bonchev–Trinajstić information content (AvgIpc) is 2.81. The summed E-state index contributed by atoms with van der Waals surface area (Å²) in [5.74, 6) is 0. The zero-order valence-corrected chi connectivity index (χ0v) is 11.9. The molecule has 0 bridgehead atoms. The maximum absolute atomic E-state index is 9.95. The average molecular weight is 252 g/mol. The van der Waals surface area contributed by atoms with Gasteiger partial charge >= 0.3 is 0 Å². The molecule has 1 aromatic rings. The maximum atomic E-state index is 9.95. The van der Waals surface area contributed by atoms with Crippen LogP contribution >= 0.6 is 0 Å². The third-order valence-corrected chi connectivity index (χ3v) is 3.37. The van der Waals surface area contributed by atoms with Crippen molar-refractivity contribution in [2.24, 2.45) is 0 Å². The van der Waals surface area contributed by atoms with Crippen LogP contribution in [0.15, 0.2) is 12.4 Å². The molecule has 0 aromatic carbocycles. The summed E-state index contributed by atoms with van der Waals surface area (Å²) in [4.78, 5) is 0. The second-order valence-corrected chi connectivity index (χ2v) is 5.12. The van der Waals surface area contributed by atoms with E-state index in [1.54, 1.807) is 0 Å². The smallest absolute Gasteiger partial charge is 0.0581 e. The third kappa shape index (κ3) is 6.20. The largest absolute Gasteiger partial charge is 0.393 e. The lowest BCUT2D eigenvalue weighted by Crippen LogP contribution is -2.09. The Kier molecular flexibility index (Phi) is 7.74. The summed E-state index contributed by atoms with van der Waals surface area (Å²) < 4.78 is 1.91. The number of unbranched alkanes of at least 4 members (excludes halogenated alkanes) is 5. The predicted molar refractivity (Wildman–Crippen MR) is 75.6 cm³/mol. The predicted octanol–water partition coefficient (Wildman–Crippen LogP) is 3.56. The molecule has 1 aromatic heterocycles. The van der Waals surface area contributed by atoms with E-state index < -0.39 is 0 Å². The highest BCUT2D eigenvalue weighted by Gasteiger charge is 2.07. The Balaban J connectivity index is 2.08. The molecular formula is C15H28N2O. The summed E-state index contributed by atoms with van der Waals surface area (Å²) in [7, 11) is 0. The van der Waals surface area contributed by atoms with Crippen molar-refractivity contribution in [2.45, 2.75) is 77.9 Å². The molecule has 0 spiro atoms. The first-order valence-electron chi connectivity index (χ1n) is 7.45. The number of nitrogens with zero attached hydrogens (tertiary/aromatic N) is 2. The monoisotopic (exact) mass is 252 g/mol. The number of hydrogen-bond acceptors (Lipinski definition) is 2. The molecule has 3 nitrogen and oxygen atoms in total. The van der Waals surface area contributed by atoms with Crippen LogP contribution in [0.4, 0.5) is 0 Å². The third-order valence-electron chi connectivity index (χ3n) is 3.37. The van der Waals surface area contributed by atoms with Crippen LogP contribution in [-0.4, -0.2) is 21.0 Å². The Morgan fingerprint density at radius 2 is 1.89 bits per heavy atom. The standard InChI is InChI=1S/C15H28N2O/c1-3-5-6-7-8-9-10-15(18)11-14-12-16-17(4-2)13-14/h12-13,15,18H,3-11H2,1-2H3. The second-order valence-electron chi connectivity index (χ2n) is 5.12. The molecule has 0 fully saturated rings. The topological polar surface area (TPSA) is 38.1 Å². The van der Waals surface area contributed by atoms with Gasteiger partial charge in [0.1, 0.15) is 0 Å². The van der Waals surface area contributed by atoms with E-state index in [9.17, 15) is 5.11 Å². The van der Waals surface area contributed by atoms with Gasteiger partial charge in [-0.15, -0.1) is 0 Å². The molecule has 0 aliphatic carbocycles. The molecule has 0 saturated heterocycles. The number of aryl methyl sites for hydroxylation is 1. The van der Waals surface area contributed by atoms with Crippen LogP contribution in [0.25, 0.3) is 0 Å². The molecule has 1 unspecified atom stereocenters. The van der Waals surface area contributed by atoms with Crippen LogP contribution in [0.5, 0.6) is 0 Å². The molecule has 0 amide bonds. The highest BCUT2D eigenvalue weighted by atomic mass is 16.3. The van der Waals surface area contributed by atoms with Crippen LogP contribution in [0.2, 0.25) is 0 Å². The Labute approximate surface area is 111 Å². The fourth-order valence-electron chi connectivity index (χ4n) is 2.22. The summed E-state index contributed by atoms with van der Waals surface area (Å²) in [5.41, 5.74) is 1.15. The van der Waals surface area contributed by atoms with Crippen LogP contribution in [0.3, 0.4) is 0 Å². The van der Waals surface area contributed by atoms with Gasteiger partial charge in [0, 0.05) is 19.2 Å². The van der Waals surface area contributed by atoms with Gasteiger partial charge in [-0.1, -0.05) is 45.4 Å². The van der Waals surface area contributed by atoms with Gasteiger partial charge in [0.25, 0.3) is 0 Å². The fourth-order valence-corrected chi connectivity index (χ4v) is 2.22. The first-order chi connectivity index (χ1) is 8.76. The van der Waals surface area contributed by atoms with E-state index >= 15 is 0 Å². The van der Waals surface area contributed by atoms with Crippen molar-refractivity contribution < 1.29 is 5.11 Å². The molecule has 3 heteroatoms. The van der Waals surface area contributed by atoms with E-state index in [2.05, 4.69) is 18.9 Å². The van der Waals surface area contributed by atoms with Crippen LogP contribution in [-0.2, 0) is 13.0 Å². The zero-order valence-electron chi connectivity index (χ0n) is 11.9. The molecule has 0 aliphatic heterocycles.